The van der Waals surface area contributed by atoms with Crippen molar-refractivity contribution in [3.63, 3.8) is 0 Å². The van der Waals surface area contributed by atoms with Crippen LogP contribution in [0.3, 0.4) is 0 Å². The molecule has 1 aromatic rings. The summed E-state index contributed by atoms with van der Waals surface area (Å²) in [6.07, 6.45) is 4.71. The van der Waals surface area contributed by atoms with Crippen LogP contribution in [0, 0.1) is 12.8 Å². The number of rotatable bonds is 3. The Bertz CT molecular complexity index is 455. The number of aromatic nitrogens is 1. The van der Waals surface area contributed by atoms with E-state index in [1.54, 1.807) is 0 Å². The largest absolute Gasteiger partial charge is 0.308 e. The summed E-state index contributed by atoms with van der Waals surface area (Å²) in [4.78, 5) is 7.15. The molecule has 0 aromatic carbocycles. The zero-order valence-electron chi connectivity index (χ0n) is 12.3. The Labute approximate surface area is 116 Å². The fourth-order valence-corrected chi connectivity index (χ4v) is 3.23. The molecule has 104 valence electrons. The molecule has 2 atom stereocenters. The maximum absolute atomic E-state index is 4.55. The molecular formula is C16H25N3. The number of nitrogens with one attached hydrogen (secondary N) is 1. The third-order valence-corrected chi connectivity index (χ3v) is 4.91. The Balaban J connectivity index is 1.73. The van der Waals surface area contributed by atoms with Gasteiger partial charge >= 0.3 is 0 Å². The van der Waals surface area contributed by atoms with Gasteiger partial charge in [0.25, 0.3) is 0 Å². The van der Waals surface area contributed by atoms with Gasteiger partial charge < -0.3 is 5.32 Å². The Morgan fingerprint density at radius 1 is 1.47 bits per heavy atom. The van der Waals surface area contributed by atoms with Gasteiger partial charge in [-0.3, -0.25) is 9.88 Å². The smallest absolute Gasteiger partial charge is 0.0573 e. The molecule has 2 heterocycles. The topological polar surface area (TPSA) is 28.2 Å². The van der Waals surface area contributed by atoms with E-state index >= 15 is 0 Å². The van der Waals surface area contributed by atoms with E-state index in [1.807, 2.05) is 12.3 Å². The second kappa shape index (κ2) is 4.88. The summed E-state index contributed by atoms with van der Waals surface area (Å²) >= 11 is 0. The Morgan fingerprint density at radius 3 is 2.95 bits per heavy atom. The SMILES string of the molecule is Cc1cccnc1CN1CC(C)(C2CC2)NCC1C. The lowest BCUT2D eigenvalue weighted by Crippen LogP contribution is -2.62. The minimum Gasteiger partial charge on any atom is -0.308 e. The van der Waals surface area contributed by atoms with E-state index in [0.717, 1.165) is 25.6 Å². The van der Waals surface area contributed by atoms with Crippen LogP contribution in [0.15, 0.2) is 18.3 Å². The van der Waals surface area contributed by atoms with Crippen LogP contribution < -0.4 is 5.32 Å². The van der Waals surface area contributed by atoms with Crippen LogP contribution in [0.25, 0.3) is 0 Å². The molecule has 1 aromatic heterocycles. The minimum atomic E-state index is 0.315. The third kappa shape index (κ3) is 2.67. The van der Waals surface area contributed by atoms with Gasteiger partial charge in [0.2, 0.25) is 0 Å². The van der Waals surface area contributed by atoms with Crippen LogP contribution in [0.4, 0.5) is 0 Å². The first-order chi connectivity index (χ1) is 9.08. The number of hydrogen-bond donors (Lipinski definition) is 1. The first-order valence-electron chi connectivity index (χ1n) is 7.48. The van der Waals surface area contributed by atoms with Crippen LogP contribution in [-0.2, 0) is 6.54 Å². The van der Waals surface area contributed by atoms with Crippen molar-refractivity contribution in [3.05, 3.63) is 29.6 Å². The first kappa shape index (κ1) is 13.1. The number of aryl methyl sites for hydroxylation is 1. The van der Waals surface area contributed by atoms with E-state index in [0.29, 0.717) is 11.6 Å². The predicted octanol–water partition coefficient (Wildman–Crippen LogP) is 2.35. The Morgan fingerprint density at radius 2 is 2.26 bits per heavy atom. The van der Waals surface area contributed by atoms with Crippen LogP contribution in [0.5, 0.6) is 0 Å². The summed E-state index contributed by atoms with van der Waals surface area (Å²) in [6, 6.07) is 4.78. The van der Waals surface area contributed by atoms with Crippen LogP contribution in [0.1, 0.15) is 37.9 Å². The molecule has 2 fully saturated rings. The molecule has 3 nitrogen and oxygen atoms in total. The predicted molar refractivity (Wildman–Crippen MR) is 78.0 cm³/mol. The number of hydrogen-bond acceptors (Lipinski definition) is 3. The lowest BCUT2D eigenvalue weighted by Gasteiger charge is -2.45. The zero-order chi connectivity index (χ0) is 13.5. The van der Waals surface area contributed by atoms with Gasteiger partial charge in [0.05, 0.1) is 5.69 Å². The second-order valence-electron chi connectivity index (χ2n) is 6.59. The highest BCUT2D eigenvalue weighted by atomic mass is 15.3. The molecule has 19 heavy (non-hydrogen) atoms. The van der Waals surface area contributed by atoms with Crippen molar-refractivity contribution in [2.75, 3.05) is 13.1 Å². The van der Waals surface area contributed by atoms with Crippen molar-refractivity contribution < 1.29 is 0 Å². The molecule has 3 heteroatoms. The molecule has 2 unspecified atom stereocenters. The summed E-state index contributed by atoms with van der Waals surface area (Å²) in [6.45, 7) is 10.1. The molecule has 1 saturated heterocycles. The van der Waals surface area contributed by atoms with Gasteiger partial charge in [-0.15, -0.1) is 0 Å². The number of piperazine rings is 1. The quantitative estimate of drug-likeness (QED) is 0.903. The Kier molecular flexibility index (Phi) is 3.35. The average molecular weight is 259 g/mol. The summed E-state index contributed by atoms with van der Waals surface area (Å²) < 4.78 is 0. The van der Waals surface area contributed by atoms with Gasteiger partial charge in [-0.25, -0.2) is 0 Å². The molecule has 0 radical (unpaired) electrons. The van der Waals surface area contributed by atoms with Crippen LogP contribution in [0.2, 0.25) is 0 Å². The van der Waals surface area contributed by atoms with E-state index in [-0.39, 0.29) is 0 Å². The van der Waals surface area contributed by atoms with Gasteiger partial charge in [0.15, 0.2) is 0 Å². The molecule has 1 aliphatic carbocycles. The van der Waals surface area contributed by atoms with Gasteiger partial charge in [-0.1, -0.05) is 6.07 Å². The van der Waals surface area contributed by atoms with Crippen molar-refractivity contribution in [2.24, 2.45) is 5.92 Å². The van der Waals surface area contributed by atoms with E-state index in [2.05, 4.69) is 42.0 Å². The van der Waals surface area contributed by atoms with Crippen LogP contribution in [-0.4, -0.2) is 34.6 Å². The van der Waals surface area contributed by atoms with Crippen molar-refractivity contribution in [1.82, 2.24) is 15.2 Å². The van der Waals surface area contributed by atoms with Gasteiger partial charge in [-0.05, 0) is 51.2 Å². The standard InChI is InChI=1S/C16H25N3/c1-12-5-4-8-17-15(12)10-19-11-16(3,14-6-7-14)18-9-13(19)2/h4-5,8,13-14,18H,6-7,9-11H2,1-3H3. The lowest BCUT2D eigenvalue weighted by atomic mass is 9.91. The molecule has 2 aliphatic rings. The second-order valence-corrected chi connectivity index (χ2v) is 6.59. The van der Waals surface area contributed by atoms with Crippen LogP contribution >= 0.6 is 0 Å². The minimum absolute atomic E-state index is 0.315. The summed E-state index contributed by atoms with van der Waals surface area (Å²) in [5.74, 6) is 0.882. The highest BCUT2D eigenvalue weighted by Crippen LogP contribution is 2.41. The summed E-state index contributed by atoms with van der Waals surface area (Å²) in [5, 5.41) is 3.78. The van der Waals surface area contributed by atoms with E-state index in [4.69, 9.17) is 0 Å². The summed E-state index contributed by atoms with van der Waals surface area (Å²) in [5.41, 5.74) is 2.85. The van der Waals surface area contributed by atoms with Crippen molar-refractivity contribution in [3.8, 4) is 0 Å². The van der Waals surface area contributed by atoms with Crippen molar-refractivity contribution in [1.29, 1.82) is 0 Å². The fraction of sp³-hybridized carbons (Fsp3) is 0.688. The highest BCUT2D eigenvalue weighted by molar-refractivity contribution is 5.18. The fourth-order valence-electron chi connectivity index (χ4n) is 3.23. The average Bonchev–Trinajstić information content (AvgIpc) is 3.21. The van der Waals surface area contributed by atoms with Gasteiger partial charge in [0.1, 0.15) is 0 Å². The Hall–Kier alpha value is -0.930. The lowest BCUT2D eigenvalue weighted by molar-refractivity contribution is 0.0758. The molecule has 1 aliphatic heterocycles. The maximum Gasteiger partial charge on any atom is 0.0573 e. The maximum atomic E-state index is 4.55. The molecule has 1 saturated carbocycles. The monoisotopic (exact) mass is 259 g/mol. The normalized spacial score (nSPS) is 32.5. The third-order valence-electron chi connectivity index (χ3n) is 4.91. The van der Waals surface area contributed by atoms with Gasteiger partial charge in [-0.2, -0.15) is 0 Å². The molecular weight excluding hydrogens is 234 g/mol. The molecule has 0 bridgehead atoms. The molecule has 0 amide bonds. The molecule has 1 N–H and O–H groups in total. The first-order valence-corrected chi connectivity index (χ1v) is 7.48. The van der Waals surface area contributed by atoms with E-state index < -0.39 is 0 Å². The number of nitrogens with zero attached hydrogens (tertiary/aromatic N) is 2. The van der Waals surface area contributed by atoms with Crippen molar-refractivity contribution >= 4 is 0 Å². The van der Waals surface area contributed by atoms with Crippen molar-refractivity contribution in [2.45, 2.75) is 51.7 Å². The zero-order valence-corrected chi connectivity index (χ0v) is 12.3. The summed E-state index contributed by atoms with van der Waals surface area (Å²) in [7, 11) is 0. The van der Waals surface area contributed by atoms with E-state index in [1.165, 1.54) is 24.1 Å². The van der Waals surface area contributed by atoms with Gasteiger partial charge in [0, 0.05) is 37.4 Å². The highest BCUT2D eigenvalue weighted by Gasteiger charge is 2.45. The molecule has 3 rings (SSSR count). The van der Waals surface area contributed by atoms with E-state index in [9.17, 15) is 0 Å². The number of pyridine rings is 1. The molecule has 0 spiro atoms.